The fourth-order valence-corrected chi connectivity index (χ4v) is 5.23. The van der Waals surface area contributed by atoms with Crippen molar-refractivity contribution in [3.05, 3.63) is 68.7 Å². The zero-order valence-corrected chi connectivity index (χ0v) is 28.1. The van der Waals surface area contributed by atoms with Crippen molar-refractivity contribution in [2.75, 3.05) is 43.7 Å². The number of aromatic nitrogens is 2. The van der Waals surface area contributed by atoms with Gasteiger partial charge in [-0.2, -0.15) is 0 Å². The van der Waals surface area contributed by atoms with E-state index in [-0.39, 0.29) is 28.6 Å². The summed E-state index contributed by atoms with van der Waals surface area (Å²) in [6.45, 7) is 3.98. The summed E-state index contributed by atoms with van der Waals surface area (Å²) in [6, 6.07) is 12.0. The highest BCUT2D eigenvalue weighted by Crippen LogP contribution is 2.23. The van der Waals surface area contributed by atoms with Gasteiger partial charge in [0.2, 0.25) is 10.3 Å². The van der Waals surface area contributed by atoms with E-state index in [1.165, 1.54) is 33.6 Å². The van der Waals surface area contributed by atoms with Crippen molar-refractivity contribution < 1.29 is 14.4 Å². The molecule has 0 saturated carbocycles. The van der Waals surface area contributed by atoms with Gasteiger partial charge in [-0.15, -0.1) is 33.4 Å². The molecule has 3 heterocycles. The summed E-state index contributed by atoms with van der Waals surface area (Å²) in [7, 11) is 4.21. The molecule has 0 atom stereocenters. The van der Waals surface area contributed by atoms with Gasteiger partial charge in [-0.3, -0.25) is 14.4 Å². The fraction of sp³-hybridized carbons (Fsp3) is 0.357. The largest absolute Gasteiger partial charge is 0.320 e. The van der Waals surface area contributed by atoms with Crippen LogP contribution in [0.5, 0.6) is 0 Å². The van der Waals surface area contributed by atoms with Crippen LogP contribution in [0.25, 0.3) is 0 Å². The number of benzene rings is 2. The van der Waals surface area contributed by atoms with Gasteiger partial charge in [0.1, 0.15) is 5.01 Å². The third-order valence-corrected chi connectivity index (χ3v) is 8.70. The number of rotatable bonds is 5. The monoisotopic (exact) mass is 698 g/mol. The summed E-state index contributed by atoms with van der Waals surface area (Å²) >= 11 is 21.2. The Hall–Kier alpha value is -2.75. The van der Waals surface area contributed by atoms with Gasteiger partial charge >= 0.3 is 0 Å². The van der Waals surface area contributed by atoms with Crippen molar-refractivity contribution in [1.82, 2.24) is 25.4 Å². The predicted molar refractivity (Wildman–Crippen MR) is 181 cm³/mol. The summed E-state index contributed by atoms with van der Waals surface area (Å²) in [5, 5.41) is 13.8. The molecule has 1 aromatic heterocycles. The predicted octanol–water partition coefficient (Wildman–Crippen LogP) is 3.91. The molecule has 11 nitrogen and oxygen atoms in total. The van der Waals surface area contributed by atoms with Crippen LogP contribution >= 0.6 is 58.4 Å². The maximum atomic E-state index is 12.1. The van der Waals surface area contributed by atoms with Gasteiger partial charge in [-0.05, 0) is 85.1 Å². The van der Waals surface area contributed by atoms with Crippen LogP contribution in [-0.4, -0.2) is 75.1 Å². The molecule has 5 rings (SSSR count). The van der Waals surface area contributed by atoms with Crippen LogP contribution in [0.15, 0.2) is 36.4 Å². The number of carbonyl (C=O) groups is 3. The molecule has 0 radical (unpaired) electrons. The first-order valence-electron chi connectivity index (χ1n) is 13.4. The van der Waals surface area contributed by atoms with Crippen LogP contribution in [0, 0.1) is 0 Å². The zero-order chi connectivity index (χ0) is 32.2. The topological polar surface area (TPSA) is 146 Å². The zero-order valence-electron chi connectivity index (χ0n) is 24.2. The lowest BCUT2D eigenvalue weighted by Crippen LogP contribution is -2.38. The van der Waals surface area contributed by atoms with Gasteiger partial charge in [0, 0.05) is 37.6 Å². The number of halogens is 3. The molecular weight excluding hydrogens is 667 g/mol. The third kappa shape index (κ3) is 11.0. The van der Waals surface area contributed by atoms with E-state index in [1.54, 1.807) is 0 Å². The lowest BCUT2D eigenvalue weighted by Gasteiger charge is -2.25. The van der Waals surface area contributed by atoms with Crippen LogP contribution in [-0.2, 0) is 41.4 Å². The van der Waals surface area contributed by atoms with E-state index >= 15 is 0 Å². The molecule has 0 bridgehead atoms. The number of nitrogens with one attached hydrogen (secondary N) is 3. The Labute approximate surface area is 280 Å². The molecule has 16 heteroatoms. The molecule has 0 saturated heterocycles. The van der Waals surface area contributed by atoms with E-state index in [0.29, 0.717) is 10.0 Å². The Kier molecular flexibility index (Phi) is 14.3. The number of likely N-dealkylation sites (N-methyl/N-ethyl adjacent to an activating group) is 2. The summed E-state index contributed by atoms with van der Waals surface area (Å²) in [4.78, 5) is 37.7. The van der Waals surface area contributed by atoms with E-state index in [9.17, 15) is 14.4 Å². The summed E-state index contributed by atoms with van der Waals surface area (Å²) in [5.74, 6) is 4.65. The van der Waals surface area contributed by atoms with E-state index in [2.05, 4.69) is 56.2 Å². The molecule has 3 aromatic rings. The SMILES string of the molecule is CN1CCc2cc(NC(=O)C(=S)NN)ccc2C1.CN1CCc2cc(NC(=O)c3nnc(CCl)s3)ccc2C1.O=C(Cl)CCl. The van der Waals surface area contributed by atoms with Gasteiger partial charge < -0.3 is 25.9 Å². The number of nitrogens with two attached hydrogens (primary N) is 1. The minimum Gasteiger partial charge on any atom is -0.320 e. The molecule has 2 aromatic carbocycles. The van der Waals surface area contributed by atoms with Crippen LogP contribution in [0.3, 0.4) is 0 Å². The number of hydrogen-bond acceptors (Lipinski definition) is 10. The van der Waals surface area contributed by atoms with Gasteiger partial charge in [0.05, 0.1) is 11.8 Å². The Balaban J connectivity index is 0.000000211. The molecular formula is C28H33Cl3N8O3S2. The second-order valence-electron chi connectivity index (χ2n) is 9.95. The Morgan fingerprint density at radius 1 is 0.909 bits per heavy atom. The number of carbonyl (C=O) groups excluding carboxylic acids is 3. The number of nitrogens with zero attached hydrogens (tertiary/aromatic N) is 4. The third-order valence-electron chi connectivity index (χ3n) is 6.55. The fourth-order valence-electron chi connectivity index (χ4n) is 4.38. The van der Waals surface area contributed by atoms with Gasteiger partial charge in [0.25, 0.3) is 11.8 Å². The van der Waals surface area contributed by atoms with E-state index in [4.69, 9.17) is 52.9 Å². The lowest BCUT2D eigenvalue weighted by molar-refractivity contribution is -0.110. The first kappa shape index (κ1) is 35.7. The molecule has 2 aliphatic rings. The number of fused-ring (bicyclic) bond motifs is 2. The molecule has 0 fully saturated rings. The summed E-state index contributed by atoms with van der Waals surface area (Å²) in [6.07, 6.45) is 2.00. The maximum absolute atomic E-state index is 12.1. The molecule has 0 spiro atoms. The van der Waals surface area contributed by atoms with Crippen LogP contribution in [0.4, 0.5) is 11.4 Å². The molecule has 236 valence electrons. The first-order chi connectivity index (χ1) is 21.0. The number of hydrazine groups is 1. The van der Waals surface area contributed by atoms with Crippen molar-refractivity contribution in [2.45, 2.75) is 31.8 Å². The first-order valence-corrected chi connectivity index (χ1v) is 16.1. The molecule has 0 aliphatic carbocycles. The molecule has 2 amide bonds. The maximum Gasteiger partial charge on any atom is 0.286 e. The second kappa shape index (κ2) is 17.7. The van der Waals surface area contributed by atoms with Gasteiger partial charge in [-0.1, -0.05) is 35.7 Å². The minimum absolute atomic E-state index is 0.0209. The number of thiocarbonyl (C=S) groups is 1. The lowest BCUT2D eigenvalue weighted by atomic mass is 9.99. The number of anilines is 2. The average molecular weight is 700 g/mol. The Morgan fingerprint density at radius 3 is 1.89 bits per heavy atom. The standard InChI is InChI=1S/C14H15ClN4OS.C12H16N4OS.C2H2Cl2O/c1-19-5-4-9-6-11(3-2-10(9)8-19)16-13(20)14-18-17-12(7-15)21-14;1-16-5-4-8-6-10(3-2-9(8)7-16)14-11(17)12(18)15-13;3-1-2(4)5/h2-3,6H,4-5,7-8H2,1H3,(H,16,20);2-3,6H,4-5,7,13H2,1H3,(H,14,17)(H,15,18);1H2. The highest BCUT2D eigenvalue weighted by molar-refractivity contribution is 7.82. The van der Waals surface area contributed by atoms with Gasteiger partial charge in [-0.25, -0.2) is 5.84 Å². The van der Waals surface area contributed by atoms with E-state index < -0.39 is 5.24 Å². The Morgan fingerprint density at radius 2 is 1.43 bits per heavy atom. The molecule has 44 heavy (non-hydrogen) atoms. The smallest absolute Gasteiger partial charge is 0.286 e. The van der Waals surface area contributed by atoms with Gasteiger partial charge in [0.15, 0.2) is 4.99 Å². The summed E-state index contributed by atoms with van der Waals surface area (Å²) in [5.41, 5.74) is 8.91. The van der Waals surface area contributed by atoms with E-state index in [0.717, 1.165) is 50.4 Å². The quantitative estimate of drug-likeness (QED) is 0.102. The van der Waals surface area contributed by atoms with E-state index in [1.807, 2.05) is 30.3 Å². The molecule has 5 N–H and O–H groups in total. The normalized spacial score (nSPS) is 14.0. The average Bonchev–Trinajstić information content (AvgIpc) is 3.51. The number of hydrogen-bond donors (Lipinski definition) is 4. The van der Waals surface area contributed by atoms with Crippen molar-refractivity contribution >= 4 is 91.8 Å². The van der Waals surface area contributed by atoms with Crippen LogP contribution in [0.2, 0.25) is 0 Å². The highest BCUT2D eigenvalue weighted by Gasteiger charge is 2.17. The number of amides is 2. The van der Waals surface area contributed by atoms with Crippen molar-refractivity contribution in [3.8, 4) is 0 Å². The Bertz CT molecular complexity index is 1490. The summed E-state index contributed by atoms with van der Waals surface area (Å²) < 4.78 is 0. The molecule has 0 unspecified atom stereocenters. The highest BCUT2D eigenvalue weighted by atomic mass is 35.5. The minimum atomic E-state index is -0.508. The molecule has 2 aliphatic heterocycles. The van der Waals surface area contributed by atoms with Crippen LogP contribution in [0.1, 0.15) is 37.1 Å². The van der Waals surface area contributed by atoms with Crippen LogP contribution < -0.4 is 21.9 Å². The second-order valence-corrected chi connectivity index (χ2v) is 12.4. The van der Waals surface area contributed by atoms with Crippen molar-refractivity contribution in [3.63, 3.8) is 0 Å². The van der Waals surface area contributed by atoms with Crippen molar-refractivity contribution in [2.24, 2.45) is 5.84 Å². The number of alkyl halides is 2. The van der Waals surface area contributed by atoms with Crippen molar-refractivity contribution in [1.29, 1.82) is 0 Å².